The Morgan fingerprint density at radius 3 is 1.89 bits per heavy atom. The molecular formula is C38H36N2O5. The summed E-state index contributed by atoms with van der Waals surface area (Å²) in [7, 11) is 0. The molecule has 1 atom stereocenters. The first-order chi connectivity index (χ1) is 21.7. The lowest BCUT2D eigenvalue weighted by atomic mass is 9.97. The molecule has 0 aliphatic heterocycles. The van der Waals surface area contributed by atoms with Crippen LogP contribution in [0.1, 0.15) is 25.3 Å². The number of hydrogen-bond donors (Lipinski definition) is 3. The number of benzene rings is 5. The molecule has 228 valence electrons. The second-order valence-electron chi connectivity index (χ2n) is 11.2. The van der Waals surface area contributed by atoms with Gasteiger partial charge in [-0.3, -0.25) is 0 Å². The van der Waals surface area contributed by atoms with Crippen LogP contribution in [-0.2, 0) is 16.1 Å². The zero-order chi connectivity index (χ0) is 31.9. The number of quaternary nitrogens is 1. The highest BCUT2D eigenvalue weighted by molar-refractivity contribution is 6.27. The molecular weight excluding hydrogens is 564 g/mol. The summed E-state index contributed by atoms with van der Waals surface area (Å²) in [6, 6.07) is 42.6. The first-order valence-electron chi connectivity index (χ1n) is 14.9. The second-order valence-corrected chi connectivity index (χ2v) is 11.2. The van der Waals surface area contributed by atoms with Gasteiger partial charge in [0.25, 0.3) is 0 Å². The van der Waals surface area contributed by atoms with Crippen molar-refractivity contribution in [3.05, 3.63) is 127 Å². The molecule has 1 unspecified atom stereocenters. The summed E-state index contributed by atoms with van der Waals surface area (Å²) < 4.78 is 2.29. The standard InChI is InChI=1S/C36H33N2O.C2H2O4/c1-25(2)26-17-20-30(21-18-26)37-23-31(39)24-38-35(29-14-7-4-8-15-29)34(28-12-5-3-6-13-28)33-22-19-27-11-9-10-16-32(27)36(33)38;3-1(4)2(5)6/h3-22,25,31,37H,23-24H2,1-2H3;(H,3,4)(H,5,6)/q-1;/p+1. The van der Waals surface area contributed by atoms with Gasteiger partial charge in [0.15, 0.2) is 0 Å². The van der Waals surface area contributed by atoms with Gasteiger partial charge < -0.3 is 25.2 Å². The third kappa shape index (κ3) is 7.12. The van der Waals surface area contributed by atoms with Gasteiger partial charge in [-0.25, -0.2) is 9.59 Å². The fourth-order valence-corrected chi connectivity index (χ4v) is 5.66. The molecule has 0 aliphatic carbocycles. The molecule has 1 heterocycles. The van der Waals surface area contributed by atoms with Crippen LogP contribution in [0.3, 0.4) is 0 Å². The van der Waals surface area contributed by atoms with Crippen LogP contribution in [0.25, 0.3) is 44.1 Å². The molecule has 0 spiro atoms. The third-order valence-electron chi connectivity index (χ3n) is 7.84. The van der Waals surface area contributed by atoms with Crippen molar-refractivity contribution in [3.63, 3.8) is 0 Å². The number of carboxylic acid groups (broad SMARTS) is 2. The maximum atomic E-state index is 13.7. The van der Waals surface area contributed by atoms with Gasteiger partial charge in [-0.05, 0) is 40.1 Å². The average Bonchev–Trinajstić information content (AvgIpc) is 3.39. The number of carboxylic acids is 2. The maximum absolute atomic E-state index is 13.7. The molecule has 1 aromatic heterocycles. The fourth-order valence-electron chi connectivity index (χ4n) is 5.66. The van der Waals surface area contributed by atoms with Crippen LogP contribution in [-0.4, -0.2) is 39.4 Å². The van der Waals surface area contributed by atoms with Crippen LogP contribution in [0.2, 0.25) is 0 Å². The van der Waals surface area contributed by atoms with Crippen molar-refractivity contribution in [2.45, 2.75) is 32.4 Å². The number of hydrogen-bond acceptors (Lipinski definition) is 3. The Kier molecular flexibility index (Phi) is 9.73. The van der Waals surface area contributed by atoms with Gasteiger partial charge in [-0.2, -0.15) is 0 Å². The quantitative estimate of drug-likeness (QED) is 0.146. The summed E-state index contributed by atoms with van der Waals surface area (Å²) >= 11 is 0. The zero-order valence-electron chi connectivity index (χ0n) is 25.3. The van der Waals surface area contributed by atoms with Crippen molar-refractivity contribution >= 4 is 39.3 Å². The topological polar surface area (TPSA) is 119 Å². The molecule has 0 saturated heterocycles. The predicted octanol–water partition coefficient (Wildman–Crippen LogP) is 6.03. The average molecular weight is 601 g/mol. The lowest BCUT2D eigenvalue weighted by molar-refractivity contribution is -0.613. The molecule has 0 saturated carbocycles. The number of nitrogens with zero attached hydrogens (tertiary/aromatic N) is 1. The second kappa shape index (κ2) is 14.0. The molecule has 0 aliphatic rings. The van der Waals surface area contributed by atoms with Crippen LogP contribution in [0.4, 0.5) is 5.69 Å². The van der Waals surface area contributed by atoms with E-state index in [1.54, 1.807) is 0 Å². The summed E-state index contributed by atoms with van der Waals surface area (Å²) in [6.07, 6.45) is -0.782. The first kappa shape index (κ1) is 31.2. The lowest BCUT2D eigenvalue weighted by Gasteiger charge is -2.24. The first-order valence-corrected chi connectivity index (χ1v) is 14.9. The monoisotopic (exact) mass is 600 g/mol. The summed E-state index contributed by atoms with van der Waals surface area (Å²) in [5.41, 5.74) is 8.13. The normalized spacial score (nSPS) is 11.7. The van der Waals surface area contributed by atoms with Gasteiger partial charge in [0, 0.05) is 22.9 Å². The van der Waals surface area contributed by atoms with E-state index in [0.717, 1.165) is 28.0 Å². The highest BCUT2D eigenvalue weighted by Crippen LogP contribution is 2.43. The minimum absolute atomic E-state index is 0.391. The highest BCUT2D eigenvalue weighted by atomic mass is 16.4. The third-order valence-corrected chi connectivity index (χ3v) is 7.84. The van der Waals surface area contributed by atoms with Crippen molar-refractivity contribution in [2.75, 3.05) is 6.54 Å². The SMILES string of the molecule is CC(C)c1ccc([NH2+]CC([O-])Cn2c(-c3ccccc3)c(-c3ccccc3)c3ccc4ccccc4c32)cc1.O=C(O)C(=O)O. The van der Waals surface area contributed by atoms with Crippen LogP contribution in [0, 0.1) is 0 Å². The fraction of sp³-hybridized carbons (Fsp3) is 0.158. The summed E-state index contributed by atoms with van der Waals surface area (Å²) in [5, 5.41) is 34.1. The van der Waals surface area contributed by atoms with E-state index in [4.69, 9.17) is 19.8 Å². The molecule has 0 bridgehead atoms. The molecule has 6 aromatic rings. The Hall–Kier alpha value is -5.24. The number of carbonyl (C=O) groups is 2. The maximum Gasteiger partial charge on any atom is 0.414 e. The van der Waals surface area contributed by atoms with E-state index in [9.17, 15) is 5.11 Å². The van der Waals surface area contributed by atoms with Crippen molar-refractivity contribution in [3.8, 4) is 22.4 Å². The Morgan fingerprint density at radius 1 is 0.711 bits per heavy atom. The van der Waals surface area contributed by atoms with E-state index in [1.807, 2.05) is 6.07 Å². The van der Waals surface area contributed by atoms with Gasteiger partial charge in [0.05, 0.1) is 17.8 Å². The van der Waals surface area contributed by atoms with Gasteiger partial charge in [-0.1, -0.05) is 129 Å². The Bertz CT molecular complexity index is 1900. The van der Waals surface area contributed by atoms with Crippen LogP contribution < -0.4 is 10.4 Å². The van der Waals surface area contributed by atoms with Crippen molar-refractivity contribution < 1.29 is 30.2 Å². The summed E-state index contributed by atoms with van der Waals surface area (Å²) in [6.45, 7) is 5.26. The number of aromatic nitrogens is 1. The molecule has 0 amide bonds. The molecule has 0 fully saturated rings. The minimum atomic E-state index is -1.82. The van der Waals surface area contributed by atoms with Crippen molar-refractivity contribution in [2.24, 2.45) is 0 Å². The van der Waals surface area contributed by atoms with E-state index in [2.05, 4.69) is 139 Å². The molecule has 0 radical (unpaired) electrons. The van der Waals surface area contributed by atoms with Crippen LogP contribution in [0.5, 0.6) is 0 Å². The number of fused-ring (bicyclic) bond motifs is 3. The van der Waals surface area contributed by atoms with Gasteiger partial charge in [0.2, 0.25) is 0 Å². The Labute approximate surface area is 262 Å². The van der Waals surface area contributed by atoms with Gasteiger partial charge in [-0.15, -0.1) is 0 Å². The molecule has 6 rings (SSSR count). The van der Waals surface area contributed by atoms with Crippen LogP contribution >= 0.6 is 0 Å². The van der Waals surface area contributed by atoms with E-state index in [1.165, 1.54) is 27.3 Å². The minimum Gasteiger partial charge on any atom is -0.847 e. The largest absolute Gasteiger partial charge is 0.847 e. The van der Waals surface area contributed by atoms with Crippen LogP contribution in [0.15, 0.2) is 121 Å². The van der Waals surface area contributed by atoms with E-state index >= 15 is 0 Å². The zero-order valence-corrected chi connectivity index (χ0v) is 25.3. The van der Waals surface area contributed by atoms with E-state index in [-0.39, 0.29) is 0 Å². The molecule has 7 heteroatoms. The summed E-state index contributed by atoms with van der Waals surface area (Å²) in [4.78, 5) is 18.2. The van der Waals surface area contributed by atoms with E-state index in [0.29, 0.717) is 19.0 Å². The van der Waals surface area contributed by atoms with Crippen molar-refractivity contribution in [1.82, 2.24) is 4.57 Å². The number of aliphatic carboxylic acids is 2. The van der Waals surface area contributed by atoms with Crippen molar-refractivity contribution in [1.29, 1.82) is 0 Å². The van der Waals surface area contributed by atoms with E-state index < -0.39 is 18.0 Å². The number of rotatable bonds is 8. The smallest absolute Gasteiger partial charge is 0.414 e. The Morgan fingerprint density at radius 2 is 1.29 bits per heavy atom. The number of nitrogens with two attached hydrogens (primary N) is 1. The lowest BCUT2D eigenvalue weighted by Crippen LogP contribution is -2.82. The molecule has 45 heavy (non-hydrogen) atoms. The highest BCUT2D eigenvalue weighted by Gasteiger charge is 2.22. The summed E-state index contributed by atoms with van der Waals surface area (Å²) in [5.74, 6) is -3.15. The predicted molar refractivity (Wildman–Crippen MR) is 176 cm³/mol. The molecule has 7 nitrogen and oxygen atoms in total. The van der Waals surface area contributed by atoms with Gasteiger partial charge >= 0.3 is 11.9 Å². The molecule has 4 N–H and O–H groups in total. The van der Waals surface area contributed by atoms with Gasteiger partial charge in [0.1, 0.15) is 5.69 Å². The Balaban J connectivity index is 0.000000609. The molecule has 5 aromatic carbocycles.